The standard InChI is InChI=1S/C13H21NO4/c1-3-4-5-6-8(2)11(13(17)18)9-7-10(15)14-12(9)16/h8-9,11H,3-7H2,1-2H3,(H,17,18)(H,14,15,16). The Morgan fingerprint density at radius 2 is 2.11 bits per heavy atom. The third-order valence-corrected chi connectivity index (χ3v) is 3.60. The van der Waals surface area contributed by atoms with Gasteiger partial charge in [-0.3, -0.25) is 19.7 Å². The van der Waals surface area contributed by atoms with Gasteiger partial charge in [0, 0.05) is 6.42 Å². The molecule has 0 saturated carbocycles. The minimum Gasteiger partial charge on any atom is -0.481 e. The Bertz CT molecular complexity index is 340. The highest BCUT2D eigenvalue weighted by Crippen LogP contribution is 2.30. The van der Waals surface area contributed by atoms with Gasteiger partial charge >= 0.3 is 5.97 Å². The molecule has 0 aromatic rings. The molecule has 1 aliphatic heterocycles. The molecule has 3 unspecified atom stereocenters. The Morgan fingerprint density at radius 3 is 2.56 bits per heavy atom. The van der Waals surface area contributed by atoms with Crippen LogP contribution in [0.5, 0.6) is 0 Å². The number of carbonyl (C=O) groups is 3. The molecule has 1 rings (SSSR count). The van der Waals surface area contributed by atoms with Crippen molar-refractivity contribution in [3.8, 4) is 0 Å². The zero-order valence-corrected chi connectivity index (χ0v) is 10.9. The highest BCUT2D eigenvalue weighted by atomic mass is 16.4. The van der Waals surface area contributed by atoms with E-state index in [9.17, 15) is 19.5 Å². The van der Waals surface area contributed by atoms with E-state index in [1.165, 1.54) is 0 Å². The van der Waals surface area contributed by atoms with E-state index in [-0.39, 0.29) is 18.2 Å². The molecule has 2 N–H and O–H groups in total. The summed E-state index contributed by atoms with van der Waals surface area (Å²) in [5, 5.41) is 11.5. The molecule has 5 nitrogen and oxygen atoms in total. The maximum absolute atomic E-state index is 11.6. The van der Waals surface area contributed by atoms with Gasteiger partial charge in [-0.15, -0.1) is 0 Å². The van der Waals surface area contributed by atoms with E-state index >= 15 is 0 Å². The van der Waals surface area contributed by atoms with E-state index in [1.807, 2.05) is 6.92 Å². The summed E-state index contributed by atoms with van der Waals surface area (Å²) in [6.07, 6.45) is 3.89. The normalized spacial score (nSPS) is 22.7. The first kappa shape index (κ1) is 14.7. The van der Waals surface area contributed by atoms with Crippen LogP contribution in [0.2, 0.25) is 0 Å². The van der Waals surface area contributed by atoms with Gasteiger partial charge in [0.15, 0.2) is 0 Å². The van der Waals surface area contributed by atoms with E-state index < -0.39 is 23.7 Å². The molecular weight excluding hydrogens is 234 g/mol. The third kappa shape index (κ3) is 3.55. The van der Waals surface area contributed by atoms with Crippen molar-refractivity contribution >= 4 is 17.8 Å². The van der Waals surface area contributed by atoms with Crippen molar-refractivity contribution in [2.24, 2.45) is 17.8 Å². The molecule has 0 spiro atoms. The number of hydrogen-bond acceptors (Lipinski definition) is 3. The van der Waals surface area contributed by atoms with Crippen molar-refractivity contribution < 1.29 is 19.5 Å². The Kier molecular flexibility index (Phi) is 5.31. The first-order valence-corrected chi connectivity index (χ1v) is 6.53. The van der Waals surface area contributed by atoms with Gasteiger partial charge in [0.1, 0.15) is 0 Å². The average Bonchev–Trinajstić information content (AvgIpc) is 2.58. The summed E-state index contributed by atoms with van der Waals surface area (Å²) < 4.78 is 0. The predicted molar refractivity (Wildman–Crippen MR) is 65.7 cm³/mol. The quantitative estimate of drug-likeness (QED) is 0.534. The number of nitrogens with one attached hydrogen (secondary N) is 1. The molecule has 3 atom stereocenters. The summed E-state index contributed by atoms with van der Waals surface area (Å²) in [5.74, 6) is -3.32. The van der Waals surface area contributed by atoms with Crippen molar-refractivity contribution in [3.05, 3.63) is 0 Å². The molecule has 2 amide bonds. The van der Waals surface area contributed by atoms with Gasteiger partial charge in [0.2, 0.25) is 11.8 Å². The van der Waals surface area contributed by atoms with Crippen molar-refractivity contribution in [3.63, 3.8) is 0 Å². The molecule has 102 valence electrons. The van der Waals surface area contributed by atoms with Gasteiger partial charge < -0.3 is 5.11 Å². The average molecular weight is 255 g/mol. The van der Waals surface area contributed by atoms with Crippen LogP contribution in [0.1, 0.15) is 46.0 Å². The monoisotopic (exact) mass is 255 g/mol. The lowest BCUT2D eigenvalue weighted by Gasteiger charge is -2.23. The summed E-state index contributed by atoms with van der Waals surface area (Å²) in [5.41, 5.74) is 0. The highest BCUT2D eigenvalue weighted by molar-refractivity contribution is 6.05. The number of imide groups is 1. The first-order chi connectivity index (χ1) is 8.47. The van der Waals surface area contributed by atoms with Crippen molar-refractivity contribution in [2.45, 2.75) is 46.0 Å². The van der Waals surface area contributed by atoms with E-state index in [0.717, 1.165) is 25.7 Å². The van der Waals surface area contributed by atoms with Crippen LogP contribution in [0.4, 0.5) is 0 Å². The van der Waals surface area contributed by atoms with Crippen LogP contribution >= 0.6 is 0 Å². The molecule has 1 saturated heterocycles. The van der Waals surface area contributed by atoms with Gasteiger partial charge in [-0.2, -0.15) is 0 Å². The predicted octanol–water partition coefficient (Wildman–Crippen LogP) is 1.57. The molecule has 0 radical (unpaired) electrons. The second kappa shape index (κ2) is 6.52. The summed E-state index contributed by atoms with van der Waals surface area (Å²) >= 11 is 0. The Hall–Kier alpha value is -1.39. The van der Waals surface area contributed by atoms with E-state index in [1.54, 1.807) is 0 Å². The fraction of sp³-hybridized carbons (Fsp3) is 0.769. The first-order valence-electron chi connectivity index (χ1n) is 6.53. The topological polar surface area (TPSA) is 83.5 Å². The van der Waals surface area contributed by atoms with Gasteiger partial charge in [-0.25, -0.2) is 0 Å². The molecular formula is C13H21NO4. The summed E-state index contributed by atoms with van der Waals surface area (Å²) in [7, 11) is 0. The molecule has 0 aromatic carbocycles. The molecule has 0 bridgehead atoms. The minimum atomic E-state index is -0.978. The number of carbonyl (C=O) groups excluding carboxylic acids is 2. The zero-order valence-electron chi connectivity index (χ0n) is 10.9. The van der Waals surface area contributed by atoms with Crippen LogP contribution in [-0.4, -0.2) is 22.9 Å². The van der Waals surface area contributed by atoms with Crippen molar-refractivity contribution in [1.82, 2.24) is 5.32 Å². The molecule has 5 heteroatoms. The number of unbranched alkanes of at least 4 members (excludes halogenated alkanes) is 2. The zero-order chi connectivity index (χ0) is 13.7. The molecule has 1 fully saturated rings. The van der Waals surface area contributed by atoms with Gasteiger partial charge in [0.25, 0.3) is 0 Å². The van der Waals surface area contributed by atoms with Crippen LogP contribution in [-0.2, 0) is 14.4 Å². The molecule has 1 heterocycles. The molecule has 0 aliphatic carbocycles. The Balaban J connectivity index is 2.67. The lowest BCUT2D eigenvalue weighted by Crippen LogP contribution is -2.34. The molecule has 0 aromatic heterocycles. The van der Waals surface area contributed by atoms with Crippen LogP contribution < -0.4 is 5.32 Å². The fourth-order valence-electron chi connectivity index (χ4n) is 2.57. The number of hydrogen-bond donors (Lipinski definition) is 2. The number of carboxylic acid groups (broad SMARTS) is 1. The van der Waals surface area contributed by atoms with Crippen LogP contribution in [0.15, 0.2) is 0 Å². The summed E-state index contributed by atoms with van der Waals surface area (Å²) in [4.78, 5) is 34.0. The second-order valence-corrected chi connectivity index (χ2v) is 5.06. The number of amides is 2. The summed E-state index contributed by atoms with van der Waals surface area (Å²) in [6.45, 7) is 3.94. The van der Waals surface area contributed by atoms with E-state index in [4.69, 9.17) is 0 Å². The maximum atomic E-state index is 11.6. The highest BCUT2D eigenvalue weighted by Gasteiger charge is 2.42. The van der Waals surface area contributed by atoms with Crippen LogP contribution in [0, 0.1) is 17.8 Å². The van der Waals surface area contributed by atoms with E-state index in [2.05, 4.69) is 12.2 Å². The number of rotatable bonds is 7. The Morgan fingerprint density at radius 1 is 1.44 bits per heavy atom. The van der Waals surface area contributed by atoms with Gasteiger partial charge in [0.05, 0.1) is 11.8 Å². The van der Waals surface area contributed by atoms with E-state index in [0.29, 0.717) is 0 Å². The smallest absolute Gasteiger partial charge is 0.307 e. The van der Waals surface area contributed by atoms with Crippen molar-refractivity contribution in [1.29, 1.82) is 0 Å². The SMILES string of the molecule is CCCCCC(C)C(C(=O)O)C1CC(=O)NC1=O. The molecule has 18 heavy (non-hydrogen) atoms. The van der Waals surface area contributed by atoms with Crippen molar-refractivity contribution in [2.75, 3.05) is 0 Å². The largest absolute Gasteiger partial charge is 0.481 e. The Labute approximate surface area is 107 Å². The lowest BCUT2D eigenvalue weighted by molar-refractivity contribution is -0.148. The second-order valence-electron chi connectivity index (χ2n) is 5.06. The van der Waals surface area contributed by atoms with Gasteiger partial charge in [-0.1, -0.05) is 33.1 Å². The third-order valence-electron chi connectivity index (χ3n) is 3.60. The molecule has 1 aliphatic rings. The fourth-order valence-corrected chi connectivity index (χ4v) is 2.57. The van der Waals surface area contributed by atoms with Gasteiger partial charge in [-0.05, 0) is 12.3 Å². The maximum Gasteiger partial charge on any atom is 0.307 e. The number of carboxylic acids is 1. The summed E-state index contributed by atoms with van der Waals surface area (Å²) in [6, 6.07) is 0. The van der Waals surface area contributed by atoms with Crippen LogP contribution in [0.25, 0.3) is 0 Å². The number of aliphatic carboxylic acids is 1. The van der Waals surface area contributed by atoms with Crippen LogP contribution in [0.3, 0.4) is 0 Å². The lowest BCUT2D eigenvalue weighted by atomic mass is 9.79. The minimum absolute atomic E-state index is 0.00785.